The number of hydrogen-bond acceptors (Lipinski definition) is 8. The molecule has 0 amide bonds. The number of hydrogen-bond donors (Lipinski definition) is 1. The number of nitrogen functional groups attached to an aromatic ring is 1. The van der Waals surface area contributed by atoms with E-state index in [1.165, 1.54) is 21.7 Å². The van der Waals surface area contributed by atoms with Gasteiger partial charge in [0.1, 0.15) is 5.52 Å². The van der Waals surface area contributed by atoms with Gasteiger partial charge in [-0.1, -0.05) is 0 Å². The predicted octanol–water partition coefficient (Wildman–Crippen LogP) is 2.13. The third-order valence-corrected chi connectivity index (χ3v) is 5.32. The van der Waals surface area contributed by atoms with Crippen molar-refractivity contribution in [1.82, 2.24) is 29.5 Å². The Kier molecular flexibility index (Phi) is 3.43. The largest absolute Gasteiger partial charge is 0.586 e. The lowest BCUT2D eigenvalue weighted by Gasteiger charge is -2.12. The van der Waals surface area contributed by atoms with E-state index in [0.29, 0.717) is 23.3 Å². The minimum Gasteiger partial charge on any atom is -0.395 e. The number of nitrogens with zero attached hydrogens (tertiary/aromatic N) is 6. The molecular weight excluding hydrogens is 396 g/mol. The lowest BCUT2D eigenvalue weighted by molar-refractivity contribution is -0.286. The van der Waals surface area contributed by atoms with Crippen LogP contribution >= 0.6 is 0 Å². The SMILES string of the molecule is Nc1nc2c3c(ccc2c2nc(CCN4Cc5ccncc5C4)nn12)OC(F)(F)O3. The van der Waals surface area contributed by atoms with Crippen LogP contribution in [0.5, 0.6) is 11.5 Å². The lowest BCUT2D eigenvalue weighted by atomic mass is 10.2. The molecule has 3 aromatic heterocycles. The highest BCUT2D eigenvalue weighted by Crippen LogP contribution is 2.45. The van der Waals surface area contributed by atoms with Gasteiger partial charge in [0, 0.05) is 43.8 Å². The fourth-order valence-electron chi connectivity index (χ4n) is 3.95. The highest BCUT2D eigenvalue weighted by molar-refractivity contribution is 5.97. The molecule has 0 saturated heterocycles. The first kappa shape index (κ1) is 17.3. The number of pyridine rings is 1. The van der Waals surface area contributed by atoms with Crippen LogP contribution in [0, 0.1) is 0 Å². The molecule has 11 heteroatoms. The van der Waals surface area contributed by atoms with E-state index in [1.807, 2.05) is 12.3 Å². The first-order valence-electron chi connectivity index (χ1n) is 9.35. The molecule has 0 fully saturated rings. The second-order valence-corrected chi connectivity index (χ2v) is 7.29. The normalized spacial score (nSPS) is 17.1. The van der Waals surface area contributed by atoms with Crippen molar-refractivity contribution in [3.05, 3.63) is 47.5 Å². The Balaban J connectivity index is 1.32. The number of benzene rings is 1. The minimum atomic E-state index is -3.74. The van der Waals surface area contributed by atoms with Crippen LogP contribution in [0.2, 0.25) is 0 Å². The molecule has 0 atom stereocenters. The number of halogens is 2. The van der Waals surface area contributed by atoms with Gasteiger partial charge in [-0.3, -0.25) is 9.88 Å². The van der Waals surface area contributed by atoms with Crippen molar-refractivity contribution < 1.29 is 18.3 Å². The Morgan fingerprint density at radius 2 is 1.97 bits per heavy atom. The van der Waals surface area contributed by atoms with E-state index in [1.54, 1.807) is 12.3 Å². The van der Waals surface area contributed by atoms with E-state index in [2.05, 4.69) is 34.4 Å². The lowest BCUT2D eigenvalue weighted by Crippen LogP contribution is -2.26. The molecule has 152 valence electrons. The maximum Gasteiger partial charge on any atom is 0.586 e. The molecule has 30 heavy (non-hydrogen) atoms. The number of aromatic nitrogens is 5. The van der Waals surface area contributed by atoms with Crippen molar-refractivity contribution in [3.63, 3.8) is 0 Å². The van der Waals surface area contributed by atoms with Crippen molar-refractivity contribution in [3.8, 4) is 11.5 Å². The molecule has 0 spiro atoms. The second kappa shape index (κ2) is 5.95. The molecule has 2 N–H and O–H groups in total. The summed E-state index contributed by atoms with van der Waals surface area (Å²) in [7, 11) is 0. The number of alkyl halides is 2. The second-order valence-electron chi connectivity index (χ2n) is 7.29. The smallest absolute Gasteiger partial charge is 0.395 e. The average Bonchev–Trinajstić information content (AvgIpc) is 3.39. The van der Waals surface area contributed by atoms with Gasteiger partial charge in [-0.05, 0) is 29.3 Å². The van der Waals surface area contributed by atoms with Gasteiger partial charge < -0.3 is 15.2 Å². The summed E-state index contributed by atoms with van der Waals surface area (Å²) < 4.78 is 37.5. The van der Waals surface area contributed by atoms with Crippen molar-refractivity contribution in [2.45, 2.75) is 25.8 Å². The van der Waals surface area contributed by atoms with Gasteiger partial charge in [-0.2, -0.15) is 4.52 Å². The van der Waals surface area contributed by atoms with Crippen molar-refractivity contribution in [1.29, 1.82) is 0 Å². The summed E-state index contributed by atoms with van der Waals surface area (Å²) in [5, 5.41) is 4.96. The molecule has 4 aromatic rings. The highest BCUT2D eigenvalue weighted by atomic mass is 19.3. The first-order chi connectivity index (χ1) is 14.5. The Morgan fingerprint density at radius 3 is 2.83 bits per heavy atom. The number of anilines is 1. The van der Waals surface area contributed by atoms with Crippen molar-refractivity contribution in [2.75, 3.05) is 12.3 Å². The summed E-state index contributed by atoms with van der Waals surface area (Å²) >= 11 is 0. The van der Waals surface area contributed by atoms with E-state index >= 15 is 0 Å². The summed E-state index contributed by atoms with van der Waals surface area (Å²) in [6.07, 6.45) is 0.562. The van der Waals surface area contributed by atoms with Crippen LogP contribution in [0.3, 0.4) is 0 Å². The molecule has 2 aliphatic rings. The zero-order valence-corrected chi connectivity index (χ0v) is 15.5. The molecule has 0 saturated carbocycles. The number of fused-ring (bicyclic) bond motifs is 6. The molecule has 9 nitrogen and oxygen atoms in total. The third-order valence-electron chi connectivity index (χ3n) is 5.32. The van der Waals surface area contributed by atoms with E-state index < -0.39 is 6.29 Å². The third kappa shape index (κ3) is 2.62. The van der Waals surface area contributed by atoms with Gasteiger partial charge in [0.15, 0.2) is 23.0 Å². The van der Waals surface area contributed by atoms with Crippen LogP contribution in [-0.2, 0) is 19.5 Å². The van der Waals surface area contributed by atoms with Crippen LogP contribution in [-0.4, -0.2) is 42.3 Å². The molecule has 5 heterocycles. The Hall–Kier alpha value is -3.60. The fraction of sp³-hybridized carbons (Fsp3) is 0.263. The van der Waals surface area contributed by atoms with E-state index in [-0.39, 0.29) is 23.0 Å². The van der Waals surface area contributed by atoms with Gasteiger partial charge >= 0.3 is 6.29 Å². The number of rotatable bonds is 3. The summed E-state index contributed by atoms with van der Waals surface area (Å²) in [5.74, 6) is 0.377. The zero-order chi connectivity index (χ0) is 20.5. The summed E-state index contributed by atoms with van der Waals surface area (Å²) in [5.41, 5.74) is 9.13. The maximum atomic E-state index is 13.5. The van der Waals surface area contributed by atoms with Crippen LogP contribution < -0.4 is 15.2 Å². The van der Waals surface area contributed by atoms with Crippen LogP contribution in [0.1, 0.15) is 17.0 Å². The van der Waals surface area contributed by atoms with E-state index in [9.17, 15) is 8.78 Å². The molecule has 0 unspecified atom stereocenters. The topological polar surface area (TPSA) is 104 Å². The highest BCUT2D eigenvalue weighted by Gasteiger charge is 2.45. The molecule has 0 radical (unpaired) electrons. The van der Waals surface area contributed by atoms with Crippen molar-refractivity contribution in [2.24, 2.45) is 0 Å². The molecule has 1 aromatic carbocycles. The van der Waals surface area contributed by atoms with Gasteiger partial charge in [0.25, 0.3) is 0 Å². The van der Waals surface area contributed by atoms with Crippen molar-refractivity contribution >= 4 is 22.5 Å². The molecule has 6 rings (SSSR count). The summed E-state index contributed by atoms with van der Waals surface area (Å²) in [6, 6.07) is 5.04. The van der Waals surface area contributed by atoms with Crippen LogP contribution in [0.15, 0.2) is 30.6 Å². The molecule has 0 bridgehead atoms. The molecule has 2 aliphatic heterocycles. The quantitative estimate of drug-likeness (QED) is 0.547. The van der Waals surface area contributed by atoms with Gasteiger partial charge in [-0.15, -0.1) is 13.9 Å². The summed E-state index contributed by atoms with van der Waals surface area (Å²) in [4.78, 5) is 15.2. The Labute approximate surface area is 168 Å². The molecular formula is C19H15F2N7O2. The minimum absolute atomic E-state index is 0.0307. The van der Waals surface area contributed by atoms with Gasteiger partial charge in [0.05, 0.1) is 0 Å². The first-order valence-corrected chi connectivity index (χ1v) is 9.35. The standard InChI is InChI=1S/C19H15F2N7O2/c20-19(21)29-13-2-1-12-15(16(13)30-19)25-18(22)28-17(12)24-14(26-28)4-6-27-8-10-3-5-23-7-11(10)9-27/h1-3,5,7H,4,6,8-9H2,(H2,22,25). The van der Waals surface area contributed by atoms with Crippen LogP contribution in [0.25, 0.3) is 16.6 Å². The van der Waals surface area contributed by atoms with E-state index in [0.717, 1.165) is 19.6 Å². The maximum absolute atomic E-state index is 13.5. The summed E-state index contributed by atoms with van der Waals surface area (Å²) in [6.45, 7) is 2.45. The predicted molar refractivity (Wildman–Crippen MR) is 101 cm³/mol. The number of nitrogens with two attached hydrogens (primary N) is 1. The van der Waals surface area contributed by atoms with Crippen LogP contribution in [0.4, 0.5) is 14.7 Å². The Morgan fingerprint density at radius 1 is 1.10 bits per heavy atom. The monoisotopic (exact) mass is 411 g/mol. The van der Waals surface area contributed by atoms with E-state index in [4.69, 9.17) is 5.73 Å². The Bertz CT molecular complexity index is 1300. The van der Waals surface area contributed by atoms with Gasteiger partial charge in [-0.25, -0.2) is 9.97 Å². The average molecular weight is 411 g/mol. The molecule has 0 aliphatic carbocycles. The fourth-order valence-corrected chi connectivity index (χ4v) is 3.95. The number of ether oxygens (including phenoxy) is 2. The van der Waals surface area contributed by atoms with Gasteiger partial charge in [0.2, 0.25) is 5.95 Å². The zero-order valence-electron chi connectivity index (χ0n) is 15.5.